The van der Waals surface area contributed by atoms with Crippen LogP contribution >= 0.6 is 0 Å². The Kier molecular flexibility index (Phi) is 4.83. The van der Waals surface area contributed by atoms with E-state index in [1.807, 2.05) is 0 Å². The number of rotatable bonds is 5. The highest BCUT2D eigenvalue weighted by atomic mass is 16.5. The summed E-state index contributed by atoms with van der Waals surface area (Å²) in [4.78, 5) is 2.56. The van der Waals surface area contributed by atoms with Gasteiger partial charge in [0.15, 0.2) is 0 Å². The van der Waals surface area contributed by atoms with E-state index in [1.165, 1.54) is 45.2 Å². The van der Waals surface area contributed by atoms with Gasteiger partial charge in [-0.05, 0) is 45.7 Å². The van der Waals surface area contributed by atoms with Gasteiger partial charge in [-0.25, -0.2) is 0 Å². The first kappa shape index (κ1) is 13.3. The van der Waals surface area contributed by atoms with E-state index in [9.17, 15) is 0 Å². The molecule has 3 heteroatoms. The second kappa shape index (κ2) is 6.17. The fourth-order valence-corrected chi connectivity index (χ4v) is 3.13. The summed E-state index contributed by atoms with van der Waals surface area (Å²) < 4.78 is 5.75. The van der Waals surface area contributed by atoms with Crippen LogP contribution in [0.3, 0.4) is 0 Å². The van der Waals surface area contributed by atoms with Crippen LogP contribution in [0.4, 0.5) is 0 Å². The van der Waals surface area contributed by atoms with Crippen molar-refractivity contribution in [3.05, 3.63) is 0 Å². The van der Waals surface area contributed by atoms with Gasteiger partial charge in [-0.15, -0.1) is 0 Å². The van der Waals surface area contributed by atoms with E-state index < -0.39 is 0 Å². The molecule has 0 bridgehead atoms. The Morgan fingerprint density at radius 1 is 1.35 bits per heavy atom. The van der Waals surface area contributed by atoms with Gasteiger partial charge in [-0.2, -0.15) is 0 Å². The third kappa shape index (κ3) is 3.94. The van der Waals surface area contributed by atoms with Gasteiger partial charge in [0.1, 0.15) is 0 Å². The Bertz CT molecular complexity index is 220. The van der Waals surface area contributed by atoms with Gasteiger partial charge in [0.05, 0.1) is 6.10 Å². The van der Waals surface area contributed by atoms with Crippen LogP contribution in [0, 0.1) is 0 Å². The number of nitrogens with zero attached hydrogens (tertiary/aromatic N) is 1. The maximum Gasteiger partial charge on any atom is 0.0702 e. The molecule has 2 unspecified atom stereocenters. The van der Waals surface area contributed by atoms with Crippen molar-refractivity contribution in [2.45, 2.75) is 57.6 Å². The molecule has 2 heterocycles. The molecule has 2 aliphatic heterocycles. The van der Waals surface area contributed by atoms with E-state index in [2.05, 4.69) is 24.1 Å². The van der Waals surface area contributed by atoms with Gasteiger partial charge in [-0.1, -0.05) is 13.3 Å². The number of nitrogens with one attached hydrogen (secondary N) is 1. The summed E-state index contributed by atoms with van der Waals surface area (Å²) in [7, 11) is 0. The van der Waals surface area contributed by atoms with E-state index in [4.69, 9.17) is 4.74 Å². The highest BCUT2D eigenvalue weighted by molar-refractivity contribution is 4.90. The number of hydrogen-bond acceptors (Lipinski definition) is 3. The van der Waals surface area contributed by atoms with E-state index in [1.54, 1.807) is 0 Å². The Hall–Kier alpha value is -0.120. The Labute approximate surface area is 106 Å². The molecular weight excluding hydrogens is 212 g/mol. The van der Waals surface area contributed by atoms with Gasteiger partial charge in [0.25, 0.3) is 0 Å². The topological polar surface area (TPSA) is 24.5 Å². The van der Waals surface area contributed by atoms with E-state index in [0.29, 0.717) is 11.6 Å². The summed E-state index contributed by atoms with van der Waals surface area (Å²) in [6.45, 7) is 10.2. The predicted octanol–water partition coefficient (Wildman–Crippen LogP) is 2.02. The minimum Gasteiger partial charge on any atom is -0.377 e. The lowest BCUT2D eigenvalue weighted by Gasteiger charge is -2.39. The molecule has 100 valence electrons. The lowest BCUT2D eigenvalue weighted by Crippen LogP contribution is -2.54. The van der Waals surface area contributed by atoms with E-state index >= 15 is 0 Å². The van der Waals surface area contributed by atoms with Crippen LogP contribution in [0.15, 0.2) is 0 Å². The average molecular weight is 240 g/mol. The van der Waals surface area contributed by atoms with Crippen molar-refractivity contribution in [1.82, 2.24) is 10.2 Å². The summed E-state index contributed by atoms with van der Waals surface area (Å²) in [6.07, 6.45) is 7.02. The van der Waals surface area contributed by atoms with Crippen LogP contribution in [0.1, 0.15) is 46.0 Å². The molecule has 2 fully saturated rings. The van der Waals surface area contributed by atoms with Gasteiger partial charge in [-0.3, -0.25) is 4.90 Å². The number of hydrogen-bond donors (Lipinski definition) is 1. The second-order valence-corrected chi connectivity index (χ2v) is 5.91. The molecule has 0 amide bonds. The fourth-order valence-electron chi connectivity index (χ4n) is 3.13. The zero-order valence-electron chi connectivity index (χ0n) is 11.5. The Morgan fingerprint density at radius 3 is 2.82 bits per heavy atom. The molecule has 2 atom stereocenters. The van der Waals surface area contributed by atoms with Crippen LogP contribution in [-0.2, 0) is 4.74 Å². The minimum absolute atomic E-state index is 0.326. The maximum absolute atomic E-state index is 5.75. The highest BCUT2D eigenvalue weighted by Gasteiger charge is 2.29. The van der Waals surface area contributed by atoms with Crippen LogP contribution in [0.2, 0.25) is 0 Å². The molecule has 3 nitrogen and oxygen atoms in total. The third-order valence-corrected chi connectivity index (χ3v) is 4.21. The zero-order valence-corrected chi connectivity index (χ0v) is 11.5. The van der Waals surface area contributed by atoms with Crippen molar-refractivity contribution in [1.29, 1.82) is 0 Å². The van der Waals surface area contributed by atoms with Crippen LogP contribution in [-0.4, -0.2) is 49.3 Å². The molecule has 0 saturated carbocycles. The van der Waals surface area contributed by atoms with Gasteiger partial charge in [0.2, 0.25) is 0 Å². The molecular formula is C14H28N2O. The average Bonchev–Trinajstić information content (AvgIpc) is 2.81. The van der Waals surface area contributed by atoms with Gasteiger partial charge < -0.3 is 10.1 Å². The second-order valence-electron chi connectivity index (χ2n) is 5.91. The number of likely N-dealkylation sites (N-methyl/N-ethyl adjacent to an activating group) is 1. The molecule has 0 aliphatic carbocycles. The number of piperidine rings is 1. The molecule has 2 rings (SSSR count). The normalized spacial score (nSPS) is 34.4. The van der Waals surface area contributed by atoms with Gasteiger partial charge in [0, 0.05) is 25.2 Å². The summed E-state index contributed by atoms with van der Waals surface area (Å²) in [5, 5.41) is 3.70. The summed E-state index contributed by atoms with van der Waals surface area (Å²) in [5.41, 5.74) is 0.326. The lowest BCUT2D eigenvalue weighted by atomic mass is 9.90. The van der Waals surface area contributed by atoms with Crippen molar-refractivity contribution < 1.29 is 4.74 Å². The molecule has 0 aromatic carbocycles. The van der Waals surface area contributed by atoms with Crippen molar-refractivity contribution in [2.24, 2.45) is 0 Å². The predicted molar refractivity (Wildman–Crippen MR) is 71.3 cm³/mol. The smallest absolute Gasteiger partial charge is 0.0702 e. The highest BCUT2D eigenvalue weighted by Crippen LogP contribution is 2.21. The standard InChI is InChI=1S/C14H28N2O/c1-3-16(11-13-7-6-10-17-13)12-14(2)8-4-5-9-15-14/h13,15H,3-12H2,1-2H3. The van der Waals surface area contributed by atoms with Crippen molar-refractivity contribution in [2.75, 3.05) is 32.8 Å². The first-order valence-electron chi connectivity index (χ1n) is 7.31. The van der Waals surface area contributed by atoms with Crippen LogP contribution in [0.5, 0.6) is 0 Å². The molecule has 0 aromatic rings. The first-order valence-corrected chi connectivity index (χ1v) is 7.31. The molecule has 1 N–H and O–H groups in total. The van der Waals surface area contributed by atoms with E-state index in [-0.39, 0.29) is 0 Å². The maximum atomic E-state index is 5.75. The number of ether oxygens (including phenoxy) is 1. The SMILES string of the molecule is CCN(CC1CCCO1)CC1(C)CCCCN1. The molecule has 2 aliphatic rings. The van der Waals surface area contributed by atoms with Crippen molar-refractivity contribution in [3.8, 4) is 0 Å². The van der Waals surface area contributed by atoms with Crippen molar-refractivity contribution >= 4 is 0 Å². The molecule has 17 heavy (non-hydrogen) atoms. The first-order chi connectivity index (χ1) is 8.22. The Morgan fingerprint density at radius 2 is 2.24 bits per heavy atom. The largest absolute Gasteiger partial charge is 0.377 e. The monoisotopic (exact) mass is 240 g/mol. The minimum atomic E-state index is 0.326. The van der Waals surface area contributed by atoms with E-state index in [0.717, 1.165) is 19.7 Å². The quantitative estimate of drug-likeness (QED) is 0.795. The molecule has 0 spiro atoms. The molecule has 2 saturated heterocycles. The molecule has 0 radical (unpaired) electrons. The fraction of sp³-hybridized carbons (Fsp3) is 1.00. The van der Waals surface area contributed by atoms with Gasteiger partial charge >= 0.3 is 0 Å². The summed E-state index contributed by atoms with van der Waals surface area (Å²) in [6, 6.07) is 0. The summed E-state index contributed by atoms with van der Waals surface area (Å²) >= 11 is 0. The van der Waals surface area contributed by atoms with Crippen molar-refractivity contribution in [3.63, 3.8) is 0 Å². The van der Waals surface area contributed by atoms with Crippen LogP contribution < -0.4 is 5.32 Å². The Balaban J connectivity index is 1.80. The zero-order chi connectivity index (χ0) is 12.1. The summed E-state index contributed by atoms with van der Waals surface area (Å²) in [5.74, 6) is 0. The van der Waals surface area contributed by atoms with Crippen LogP contribution in [0.25, 0.3) is 0 Å². The molecule has 0 aromatic heterocycles. The lowest BCUT2D eigenvalue weighted by molar-refractivity contribution is 0.0614. The third-order valence-electron chi connectivity index (χ3n) is 4.21.